The van der Waals surface area contributed by atoms with E-state index < -0.39 is 0 Å². The number of nitrogen functional groups attached to an aromatic ring is 1. The highest BCUT2D eigenvalue weighted by atomic mass is 79.9. The first-order chi connectivity index (χ1) is 41.1. The molecule has 5 nitrogen and oxygen atoms in total. The van der Waals surface area contributed by atoms with Gasteiger partial charge >= 0.3 is 0 Å². The van der Waals surface area contributed by atoms with Crippen LogP contribution in [-0.2, 0) is 35.5 Å². The number of halogens is 2. The minimum absolute atomic E-state index is 0.0142. The van der Waals surface area contributed by atoms with Crippen molar-refractivity contribution in [2.75, 3.05) is 5.73 Å². The highest BCUT2D eigenvalue weighted by Gasteiger charge is 2.38. The molecule has 0 unspecified atom stereocenters. The zero-order valence-corrected chi connectivity index (χ0v) is 52.6. The Morgan fingerprint density at radius 1 is 0.400 bits per heavy atom. The molecule has 418 valence electrons. The standard InChI is InChI=1S/C44H34N2.C18H17BrN2.C16H16BrN/c1-4-40-45-38-20-12-19-36-43(38)46(40)39-26-25-31(27-37(39)44(36,2)3)42-34-17-10-8-15-32(34)41(33-16-9-11-18-35(33)42)30-23-21-29(22-24-30)28-13-6-5-7-14-28;1-4-16-20-14-7-5-6-12-17(14)21(16)15-9-8-11(19)10-13(15)18(12,2)3;1-16(2)13-4-3-5-15(18)12(13)8-10-6-7-11(17)9-14(10)16/h5-27H,4H2,1-3H3;5-10H,4H2,1-3H3;3-7,9H,8,18H2,1-2H3. The van der Waals surface area contributed by atoms with Gasteiger partial charge in [0.05, 0.1) is 33.4 Å². The summed E-state index contributed by atoms with van der Waals surface area (Å²) in [5.74, 6) is 2.25. The summed E-state index contributed by atoms with van der Waals surface area (Å²) in [6.45, 7) is 18.3. The van der Waals surface area contributed by atoms with E-state index in [0.717, 1.165) is 56.6 Å². The minimum atomic E-state index is -0.169. The summed E-state index contributed by atoms with van der Waals surface area (Å²) in [6.07, 6.45) is 2.76. The van der Waals surface area contributed by atoms with E-state index in [1.54, 1.807) is 0 Å². The van der Waals surface area contributed by atoms with Crippen LogP contribution in [0.3, 0.4) is 0 Å². The van der Waals surface area contributed by atoms with Crippen molar-refractivity contribution in [2.45, 2.75) is 90.9 Å². The molecule has 11 aromatic carbocycles. The largest absolute Gasteiger partial charge is 0.398 e. The third-order valence-electron chi connectivity index (χ3n) is 18.8. The second-order valence-electron chi connectivity index (χ2n) is 24.7. The van der Waals surface area contributed by atoms with E-state index in [1.807, 2.05) is 6.07 Å². The molecule has 0 atom stereocenters. The summed E-state index contributed by atoms with van der Waals surface area (Å²) in [5, 5.41) is 5.10. The Balaban J connectivity index is 0.000000134. The molecule has 2 N–H and O–H groups in total. The van der Waals surface area contributed by atoms with Gasteiger partial charge in [-0.3, -0.25) is 9.13 Å². The van der Waals surface area contributed by atoms with Crippen molar-refractivity contribution in [1.29, 1.82) is 0 Å². The molecule has 3 aliphatic rings. The maximum atomic E-state index is 6.14. The maximum Gasteiger partial charge on any atom is 0.114 e. The monoisotopic (exact) mass is 1230 g/mol. The minimum Gasteiger partial charge on any atom is -0.398 e. The Bertz CT molecular complexity index is 4770. The Hall–Kier alpha value is -8.36. The number of aryl methyl sites for hydroxylation is 2. The van der Waals surface area contributed by atoms with E-state index in [1.165, 1.54) is 122 Å². The van der Waals surface area contributed by atoms with Crippen molar-refractivity contribution in [3.05, 3.63) is 277 Å². The summed E-state index contributed by atoms with van der Waals surface area (Å²) in [5.41, 5.74) is 32.5. The van der Waals surface area contributed by atoms with Crippen molar-refractivity contribution in [3.8, 4) is 44.8 Å². The first kappa shape index (κ1) is 54.6. The lowest BCUT2D eigenvalue weighted by Gasteiger charge is -2.36. The number of hydrogen-bond donors (Lipinski definition) is 1. The first-order valence-corrected chi connectivity index (χ1v) is 31.4. The van der Waals surface area contributed by atoms with Gasteiger partial charge in [0.15, 0.2) is 0 Å². The number of nitrogens with two attached hydrogens (primary N) is 1. The van der Waals surface area contributed by atoms with Gasteiger partial charge in [0.25, 0.3) is 0 Å². The molecule has 0 saturated carbocycles. The van der Waals surface area contributed by atoms with Crippen LogP contribution < -0.4 is 5.73 Å². The summed E-state index contributed by atoms with van der Waals surface area (Å²) in [4.78, 5) is 9.89. The molecular formula is C78H67Br2N5. The molecule has 0 saturated heterocycles. The third kappa shape index (κ3) is 8.74. The Labute approximate surface area is 515 Å². The smallest absolute Gasteiger partial charge is 0.114 e. The lowest BCUT2D eigenvalue weighted by molar-refractivity contribution is 0.611. The maximum absolute atomic E-state index is 6.14. The number of benzene rings is 11. The fourth-order valence-corrected chi connectivity index (χ4v) is 15.2. The molecule has 4 heterocycles. The van der Waals surface area contributed by atoms with Gasteiger partial charge in [-0.25, -0.2) is 9.97 Å². The van der Waals surface area contributed by atoms with E-state index in [0.29, 0.717) is 0 Å². The van der Waals surface area contributed by atoms with Crippen molar-refractivity contribution < 1.29 is 0 Å². The number of hydrogen-bond acceptors (Lipinski definition) is 3. The number of rotatable bonds is 5. The molecule has 0 amide bonds. The SMILES string of the molecule is CC1(C)c2cc(Br)ccc2Cc2c(N)cccc21.CCc1nc2cccc3c2n1-c1ccc(-c2c4ccccc4c(-c4ccc(-c5ccccc5)cc4)c4ccccc24)cc1C3(C)C.CCc1nc2cccc3c2n1-c1ccc(Br)cc1C3(C)C. The number of imidazole rings is 2. The van der Waals surface area contributed by atoms with E-state index in [2.05, 4.69) is 303 Å². The average Bonchev–Trinajstić information content (AvgIpc) is 2.03. The van der Waals surface area contributed by atoms with Gasteiger partial charge in [0.2, 0.25) is 0 Å². The molecule has 7 heteroatoms. The predicted octanol–water partition coefficient (Wildman–Crippen LogP) is 20.8. The molecule has 0 radical (unpaired) electrons. The van der Waals surface area contributed by atoms with Crippen molar-refractivity contribution in [1.82, 2.24) is 19.1 Å². The summed E-state index contributed by atoms with van der Waals surface area (Å²) in [7, 11) is 0. The van der Waals surface area contributed by atoms with Gasteiger partial charge in [-0.05, 0) is 160 Å². The van der Waals surface area contributed by atoms with Crippen LogP contribution in [0.2, 0.25) is 0 Å². The average molecular weight is 1230 g/mol. The molecule has 0 spiro atoms. The van der Waals surface area contributed by atoms with Crippen LogP contribution in [0.1, 0.15) is 112 Å². The Morgan fingerprint density at radius 3 is 1.38 bits per heavy atom. The Kier molecular flexibility index (Phi) is 13.3. The highest BCUT2D eigenvalue weighted by Crippen LogP contribution is 2.50. The first-order valence-electron chi connectivity index (χ1n) is 29.8. The second-order valence-corrected chi connectivity index (χ2v) is 26.5. The molecule has 2 aromatic heterocycles. The zero-order valence-electron chi connectivity index (χ0n) is 49.5. The third-order valence-corrected chi connectivity index (χ3v) is 19.7. The fourth-order valence-electron chi connectivity index (χ4n) is 14.5. The second kappa shape index (κ2) is 20.7. The fraction of sp³-hybridized carbons (Fsp3) is 0.179. The van der Waals surface area contributed by atoms with E-state index >= 15 is 0 Å². The van der Waals surface area contributed by atoms with Gasteiger partial charge in [-0.15, -0.1) is 0 Å². The van der Waals surface area contributed by atoms with Gasteiger partial charge in [0.1, 0.15) is 11.6 Å². The van der Waals surface area contributed by atoms with Crippen LogP contribution >= 0.6 is 31.9 Å². The number of anilines is 1. The van der Waals surface area contributed by atoms with Crippen LogP contribution in [0.4, 0.5) is 5.69 Å². The number of para-hydroxylation sites is 2. The van der Waals surface area contributed by atoms with Crippen LogP contribution in [-0.4, -0.2) is 19.1 Å². The van der Waals surface area contributed by atoms with Crippen LogP contribution in [0.25, 0.3) is 88.4 Å². The van der Waals surface area contributed by atoms with Crippen molar-refractivity contribution >= 4 is 81.2 Å². The number of fused-ring (bicyclic) bond motifs is 8. The van der Waals surface area contributed by atoms with Crippen molar-refractivity contribution in [2.24, 2.45) is 0 Å². The number of nitrogens with zero attached hydrogens (tertiary/aromatic N) is 4. The van der Waals surface area contributed by atoms with E-state index in [4.69, 9.17) is 15.7 Å². The van der Waals surface area contributed by atoms with Crippen molar-refractivity contribution in [3.63, 3.8) is 0 Å². The van der Waals surface area contributed by atoms with Crippen LogP contribution in [0, 0.1) is 0 Å². The van der Waals surface area contributed by atoms with Gasteiger partial charge in [-0.1, -0.05) is 239 Å². The molecule has 0 bridgehead atoms. The molecule has 13 aromatic rings. The quantitative estimate of drug-likeness (QED) is 0.138. The van der Waals surface area contributed by atoms with E-state index in [9.17, 15) is 0 Å². The van der Waals surface area contributed by atoms with Gasteiger partial charge in [0, 0.05) is 50.1 Å². The topological polar surface area (TPSA) is 61.7 Å². The summed E-state index contributed by atoms with van der Waals surface area (Å²) in [6, 6.07) is 77.2. The molecule has 0 fully saturated rings. The van der Waals surface area contributed by atoms with Gasteiger partial charge in [-0.2, -0.15) is 0 Å². The van der Waals surface area contributed by atoms with E-state index in [-0.39, 0.29) is 16.2 Å². The van der Waals surface area contributed by atoms with Crippen LogP contribution in [0.5, 0.6) is 0 Å². The molecule has 85 heavy (non-hydrogen) atoms. The normalized spacial score (nSPS) is 14.4. The summed E-state index contributed by atoms with van der Waals surface area (Å²) < 4.78 is 7.02. The predicted molar refractivity (Wildman–Crippen MR) is 364 cm³/mol. The molecule has 2 aliphatic heterocycles. The zero-order chi connectivity index (χ0) is 58.7. The highest BCUT2D eigenvalue weighted by molar-refractivity contribution is 9.10. The summed E-state index contributed by atoms with van der Waals surface area (Å²) >= 11 is 7.19. The lowest BCUT2D eigenvalue weighted by Crippen LogP contribution is -2.27. The lowest BCUT2D eigenvalue weighted by atomic mass is 9.69. The Morgan fingerprint density at radius 2 is 0.824 bits per heavy atom. The molecule has 16 rings (SSSR count). The molecule has 1 aliphatic carbocycles. The van der Waals surface area contributed by atoms with Crippen LogP contribution in [0.15, 0.2) is 221 Å². The number of aromatic nitrogens is 4. The molecular weight excluding hydrogens is 1170 g/mol. The van der Waals surface area contributed by atoms with Gasteiger partial charge < -0.3 is 5.73 Å².